The molecule has 0 bridgehead atoms. The maximum absolute atomic E-state index is 13.0. The van der Waals surface area contributed by atoms with Crippen molar-refractivity contribution in [2.24, 2.45) is 5.10 Å². The number of aromatic nitrogens is 1. The number of hydrogen-bond donors (Lipinski definition) is 1. The third-order valence-corrected chi connectivity index (χ3v) is 6.10. The summed E-state index contributed by atoms with van der Waals surface area (Å²) in [5, 5.41) is 7.57. The van der Waals surface area contributed by atoms with Gasteiger partial charge in [-0.1, -0.05) is 41.9 Å². The summed E-state index contributed by atoms with van der Waals surface area (Å²) in [7, 11) is 0. The molecule has 7 nitrogen and oxygen atoms in total. The lowest BCUT2D eigenvalue weighted by Gasteiger charge is -2.19. The van der Waals surface area contributed by atoms with Gasteiger partial charge in [-0.15, -0.1) is 0 Å². The highest BCUT2D eigenvalue weighted by atomic mass is 35.5. The Kier molecular flexibility index (Phi) is 6.18. The molecule has 2 aromatic heterocycles. The largest absolute Gasteiger partial charge is 0.467 e. The van der Waals surface area contributed by atoms with E-state index in [1.165, 1.54) is 5.01 Å². The van der Waals surface area contributed by atoms with Crippen molar-refractivity contribution in [3.63, 3.8) is 0 Å². The summed E-state index contributed by atoms with van der Waals surface area (Å²) >= 11 is 6.00. The Balaban J connectivity index is 1.23. The standard InChI is InChI=1S/C26H22ClN3O4/c27-19-10-7-17(8-11-19)22-14-23(24-6-3-13-33-24)30(29-22)25(31)16-34-26(32)12-9-18-15-28-21-5-2-1-4-20(18)21/h1-8,10-11,13,15,23,28H,9,12,14,16H2/t23-/m0/s1. The second kappa shape index (κ2) is 9.57. The van der Waals surface area contributed by atoms with E-state index >= 15 is 0 Å². The van der Waals surface area contributed by atoms with Crippen LogP contribution in [-0.2, 0) is 20.7 Å². The van der Waals surface area contributed by atoms with Gasteiger partial charge in [-0.2, -0.15) is 5.10 Å². The molecule has 0 spiro atoms. The Morgan fingerprint density at radius 1 is 1.12 bits per heavy atom. The number of carbonyl (C=O) groups excluding carboxylic acids is 2. The van der Waals surface area contributed by atoms with E-state index in [0.29, 0.717) is 23.6 Å². The molecular formula is C26H22ClN3O4. The lowest BCUT2D eigenvalue weighted by atomic mass is 10.0. The van der Waals surface area contributed by atoms with Gasteiger partial charge >= 0.3 is 5.97 Å². The summed E-state index contributed by atoms with van der Waals surface area (Å²) in [4.78, 5) is 28.5. The van der Waals surface area contributed by atoms with E-state index in [9.17, 15) is 9.59 Å². The number of hydrazone groups is 1. The number of amides is 1. The summed E-state index contributed by atoms with van der Waals surface area (Å²) in [5.41, 5.74) is 3.66. The van der Waals surface area contributed by atoms with Crippen LogP contribution in [0.25, 0.3) is 10.9 Å². The van der Waals surface area contributed by atoms with Crippen molar-refractivity contribution >= 4 is 40.1 Å². The second-order valence-corrected chi connectivity index (χ2v) is 8.48. The van der Waals surface area contributed by atoms with Crippen molar-refractivity contribution in [2.75, 3.05) is 6.61 Å². The van der Waals surface area contributed by atoms with E-state index in [0.717, 1.165) is 27.7 Å². The quantitative estimate of drug-likeness (QED) is 0.369. The van der Waals surface area contributed by atoms with Crippen molar-refractivity contribution in [2.45, 2.75) is 25.3 Å². The van der Waals surface area contributed by atoms with E-state index in [1.807, 2.05) is 42.6 Å². The maximum atomic E-state index is 13.0. The van der Waals surface area contributed by atoms with Crippen molar-refractivity contribution in [1.29, 1.82) is 0 Å². The average Bonchev–Trinajstić information content (AvgIpc) is 3.61. The summed E-state index contributed by atoms with van der Waals surface area (Å²) < 4.78 is 10.8. The number of esters is 1. The van der Waals surface area contributed by atoms with E-state index in [-0.39, 0.29) is 13.0 Å². The van der Waals surface area contributed by atoms with Crippen LogP contribution in [0.2, 0.25) is 5.02 Å². The Morgan fingerprint density at radius 2 is 1.94 bits per heavy atom. The van der Waals surface area contributed by atoms with Crippen molar-refractivity contribution in [3.8, 4) is 0 Å². The molecule has 0 aliphatic carbocycles. The monoisotopic (exact) mass is 475 g/mol. The number of hydrogen-bond acceptors (Lipinski definition) is 5. The molecule has 1 atom stereocenters. The molecule has 1 aliphatic heterocycles. The van der Waals surface area contributed by atoms with Gasteiger partial charge in [0.15, 0.2) is 6.61 Å². The smallest absolute Gasteiger partial charge is 0.306 e. The van der Waals surface area contributed by atoms with Gasteiger partial charge in [0.2, 0.25) is 0 Å². The minimum Gasteiger partial charge on any atom is -0.467 e. The number of nitrogens with zero attached hydrogens (tertiary/aromatic N) is 2. The van der Waals surface area contributed by atoms with Crippen LogP contribution < -0.4 is 0 Å². The van der Waals surface area contributed by atoms with Crippen LogP contribution in [0, 0.1) is 0 Å². The number of halogens is 1. The first kappa shape index (κ1) is 22.0. The second-order valence-electron chi connectivity index (χ2n) is 8.05. The van der Waals surface area contributed by atoms with E-state index in [1.54, 1.807) is 30.5 Å². The summed E-state index contributed by atoms with van der Waals surface area (Å²) in [6.45, 7) is -0.388. The number of aromatic amines is 1. The number of aryl methyl sites for hydroxylation is 1. The number of H-pyrrole nitrogens is 1. The molecule has 1 aliphatic rings. The van der Waals surface area contributed by atoms with Crippen molar-refractivity contribution in [1.82, 2.24) is 9.99 Å². The molecule has 1 amide bonds. The predicted octanol–water partition coefficient (Wildman–Crippen LogP) is 5.27. The van der Waals surface area contributed by atoms with Gasteiger partial charge in [0, 0.05) is 35.0 Å². The summed E-state index contributed by atoms with van der Waals surface area (Å²) in [6.07, 6.45) is 4.64. The molecule has 4 aromatic rings. The van der Waals surface area contributed by atoms with Crippen molar-refractivity contribution in [3.05, 3.63) is 95.0 Å². The van der Waals surface area contributed by atoms with Gasteiger partial charge in [0.05, 0.1) is 12.0 Å². The lowest BCUT2D eigenvalue weighted by Crippen LogP contribution is -2.31. The number of para-hydroxylation sites is 1. The Bertz CT molecular complexity index is 1340. The molecule has 34 heavy (non-hydrogen) atoms. The topological polar surface area (TPSA) is 87.9 Å². The first-order valence-electron chi connectivity index (χ1n) is 11.0. The Morgan fingerprint density at radius 3 is 2.74 bits per heavy atom. The highest BCUT2D eigenvalue weighted by Crippen LogP contribution is 2.33. The predicted molar refractivity (Wildman–Crippen MR) is 128 cm³/mol. The fourth-order valence-corrected chi connectivity index (χ4v) is 4.24. The molecule has 8 heteroatoms. The van der Waals surface area contributed by atoms with Crippen LogP contribution in [0.1, 0.15) is 35.8 Å². The molecule has 0 radical (unpaired) electrons. The molecule has 0 unspecified atom stereocenters. The number of rotatable bonds is 7. The fraction of sp³-hybridized carbons (Fsp3) is 0.192. The van der Waals surface area contributed by atoms with Crippen LogP contribution in [-0.4, -0.2) is 34.2 Å². The van der Waals surface area contributed by atoms with Gasteiger partial charge in [-0.3, -0.25) is 9.59 Å². The number of carbonyl (C=O) groups is 2. The normalized spacial score (nSPS) is 15.5. The minimum atomic E-state index is -0.436. The fourth-order valence-electron chi connectivity index (χ4n) is 4.12. The van der Waals surface area contributed by atoms with Crippen LogP contribution in [0.5, 0.6) is 0 Å². The lowest BCUT2D eigenvalue weighted by molar-refractivity contribution is -0.152. The molecule has 5 rings (SSSR count). The van der Waals surface area contributed by atoms with Crippen LogP contribution in [0.3, 0.4) is 0 Å². The average molecular weight is 476 g/mol. The van der Waals surface area contributed by atoms with Crippen LogP contribution in [0.15, 0.2) is 82.6 Å². The molecule has 2 aromatic carbocycles. The number of nitrogens with one attached hydrogen (secondary N) is 1. The van der Waals surface area contributed by atoms with Gasteiger partial charge in [0.1, 0.15) is 11.8 Å². The van der Waals surface area contributed by atoms with Crippen molar-refractivity contribution < 1.29 is 18.7 Å². The highest BCUT2D eigenvalue weighted by Gasteiger charge is 2.35. The highest BCUT2D eigenvalue weighted by molar-refractivity contribution is 6.30. The Labute approximate surface area is 201 Å². The number of furan rings is 1. The van der Waals surface area contributed by atoms with Gasteiger partial charge in [-0.25, -0.2) is 5.01 Å². The number of benzene rings is 2. The molecule has 3 heterocycles. The molecule has 1 N–H and O–H groups in total. The van der Waals surface area contributed by atoms with Gasteiger partial charge in [0.25, 0.3) is 5.91 Å². The molecule has 0 saturated heterocycles. The molecule has 0 saturated carbocycles. The number of ether oxygens (including phenoxy) is 1. The first-order chi connectivity index (χ1) is 16.6. The first-order valence-corrected chi connectivity index (χ1v) is 11.4. The Hall–Kier alpha value is -3.84. The molecular weight excluding hydrogens is 454 g/mol. The van der Waals surface area contributed by atoms with Gasteiger partial charge in [-0.05, 0) is 47.9 Å². The molecule has 172 valence electrons. The SMILES string of the molecule is O=C(CCc1c[nH]c2ccccc12)OCC(=O)N1N=C(c2ccc(Cl)cc2)C[C@H]1c1ccco1. The number of fused-ring (bicyclic) bond motifs is 1. The summed E-state index contributed by atoms with van der Waals surface area (Å²) in [6, 6.07) is 18.4. The zero-order valence-corrected chi connectivity index (χ0v) is 19.0. The van der Waals surface area contributed by atoms with E-state index in [2.05, 4.69) is 10.1 Å². The van der Waals surface area contributed by atoms with E-state index in [4.69, 9.17) is 20.8 Å². The van der Waals surface area contributed by atoms with Crippen LogP contribution in [0.4, 0.5) is 0 Å². The zero-order chi connectivity index (χ0) is 23.5. The van der Waals surface area contributed by atoms with E-state index < -0.39 is 17.9 Å². The van der Waals surface area contributed by atoms with Crippen LogP contribution >= 0.6 is 11.6 Å². The third kappa shape index (κ3) is 4.61. The summed E-state index contributed by atoms with van der Waals surface area (Å²) in [5.74, 6) is -0.230. The van der Waals surface area contributed by atoms with Gasteiger partial charge < -0.3 is 14.1 Å². The third-order valence-electron chi connectivity index (χ3n) is 5.84. The maximum Gasteiger partial charge on any atom is 0.306 e. The minimum absolute atomic E-state index is 0.177. The zero-order valence-electron chi connectivity index (χ0n) is 18.2. The molecule has 0 fully saturated rings.